The molecule has 0 aromatic rings. The van der Waals surface area contributed by atoms with Crippen molar-refractivity contribution in [2.75, 3.05) is 0 Å². The fourth-order valence-corrected chi connectivity index (χ4v) is 2.09. The van der Waals surface area contributed by atoms with Crippen LogP contribution < -0.4 is 0 Å². The highest BCUT2D eigenvalue weighted by molar-refractivity contribution is 7.52. The van der Waals surface area contributed by atoms with Gasteiger partial charge in [-0.3, -0.25) is 0 Å². The minimum absolute atomic E-state index is 0.780. The third-order valence-corrected chi connectivity index (χ3v) is 2.96. The summed E-state index contributed by atoms with van der Waals surface area (Å²) >= 11 is 11.7. The molecule has 11 heavy (non-hydrogen) atoms. The molecule has 0 aliphatic heterocycles. The maximum atomic E-state index is 5.85. The molecule has 0 saturated carbocycles. The lowest BCUT2D eigenvalue weighted by molar-refractivity contribution is 1.28. The van der Waals surface area contributed by atoms with E-state index in [2.05, 4.69) is 22.9 Å². The van der Waals surface area contributed by atoms with Gasteiger partial charge in [-0.25, -0.2) is 0 Å². The van der Waals surface area contributed by atoms with Crippen LogP contribution in [0.4, 0.5) is 0 Å². The molecule has 0 aliphatic rings. The van der Waals surface area contributed by atoms with Crippen LogP contribution in [0.3, 0.4) is 0 Å². The molecule has 0 unspecified atom stereocenters. The SMILES string of the molecule is CCC#C[Si](Cl)(Cl)C#CCC. The lowest BCUT2D eigenvalue weighted by Gasteiger charge is -1.95. The Labute approximate surface area is 78.7 Å². The van der Waals surface area contributed by atoms with Gasteiger partial charge < -0.3 is 0 Å². The van der Waals surface area contributed by atoms with Crippen molar-refractivity contribution in [3.05, 3.63) is 0 Å². The Balaban J connectivity index is 4.21. The molecule has 0 atom stereocenters. The first-order valence-electron chi connectivity index (χ1n) is 3.50. The third-order valence-electron chi connectivity index (χ3n) is 0.844. The second-order valence-corrected chi connectivity index (χ2v) is 7.52. The standard InChI is InChI=1S/C8H10Cl2Si/c1-3-5-7-11(9,10)8-6-4-2/h3-4H2,1-2H3. The van der Waals surface area contributed by atoms with Crippen molar-refractivity contribution >= 4 is 28.9 Å². The van der Waals surface area contributed by atoms with Gasteiger partial charge in [0.25, 0.3) is 0 Å². The zero-order valence-corrected chi connectivity index (χ0v) is 9.18. The van der Waals surface area contributed by atoms with Crippen molar-refractivity contribution in [2.45, 2.75) is 26.7 Å². The first-order chi connectivity index (χ1) is 5.12. The summed E-state index contributed by atoms with van der Waals surface area (Å²) in [5.74, 6) is 5.69. The Morgan fingerprint density at radius 1 is 1.00 bits per heavy atom. The molecule has 0 rings (SSSR count). The maximum Gasteiger partial charge on any atom is 0.404 e. The minimum atomic E-state index is -2.52. The molecule has 0 aromatic carbocycles. The monoisotopic (exact) mass is 204 g/mol. The van der Waals surface area contributed by atoms with E-state index in [0.29, 0.717) is 0 Å². The number of halogens is 2. The zero-order valence-electron chi connectivity index (χ0n) is 6.67. The third kappa shape index (κ3) is 6.32. The Hall–Kier alpha value is -0.0831. The molecule has 0 bridgehead atoms. The highest BCUT2D eigenvalue weighted by atomic mass is 35.7. The summed E-state index contributed by atoms with van der Waals surface area (Å²) < 4.78 is 0. The quantitative estimate of drug-likeness (QED) is 0.324. The second kappa shape index (κ2) is 5.55. The van der Waals surface area contributed by atoms with Crippen molar-refractivity contribution in [3.63, 3.8) is 0 Å². The van der Waals surface area contributed by atoms with Crippen molar-refractivity contribution in [3.8, 4) is 22.9 Å². The van der Waals surface area contributed by atoms with Gasteiger partial charge in [0.15, 0.2) is 0 Å². The van der Waals surface area contributed by atoms with Crippen molar-refractivity contribution in [1.82, 2.24) is 0 Å². The zero-order chi connectivity index (χ0) is 8.74. The lowest BCUT2D eigenvalue weighted by Crippen LogP contribution is -2.13. The van der Waals surface area contributed by atoms with Crippen LogP contribution in [0.15, 0.2) is 0 Å². The van der Waals surface area contributed by atoms with Crippen molar-refractivity contribution < 1.29 is 0 Å². The Kier molecular flexibility index (Phi) is 5.51. The van der Waals surface area contributed by atoms with Crippen LogP contribution >= 0.6 is 22.2 Å². The summed E-state index contributed by atoms with van der Waals surface area (Å²) in [4.78, 5) is 0. The first kappa shape index (κ1) is 10.9. The average molecular weight is 205 g/mol. The molecule has 0 spiro atoms. The van der Waals surface area contributed by atoms with E-state index in [1.165, 1.54) is 0 Å². The van der Waals surface area contributed by atoms with Crippen molar-refractivity contribution in [1.29, 1.82) is 0 Å². The summed E-state index contributed by atoms with van der Waals surface area (Å²) in [6, 6.07) is 0. The molecule has 0 saturated heterocycles. The van der Waals surface area contributed by atoms with E-state index in [-0.39, 0.29) is 0 Å². The van der Waals surface area contributed by atoms with E-state index in [0.717, 1.165) is 12.8 Å². The first-order valence-corrected chi connectivity index (χ1v) is 7.52. The highest BCUT2D eigenvalue weighted by Crippen LogP contribution is 2.11. The summed E-state index contributed by atoms with van der Waals surface area (Å²) in [5, 5.41) is 0. The molecule has 0 aliphatic carbocycles. The molecule has 60 valence electrons. The second-order valence-electron chi connectivity index (χ2n) is 1.89. The fourth-order valence-electron chi connectivity index (χ4n) is 0.430. The van der Waals surface area contributed by atoms with E-state index < -0.39 is 6.69 Å². The van der Waals surface area contributed by atoms with Gasteiger partial charge in [0, 0.05) is 12.8 Å². The van der Waals surface area contributed by atoms with Crippen LogP contribution in [0.2, 0.25) is 0 Å². The lowest BCUT2D eigenvalue weighted by atomic mass is 10.5. The molecular formula is C8H10Cl2Si. The molecule has 0 amide bonds. The van der Waals surface area contributed by atoms with Gasteiger partial charge in [-0.15, -0.1) is 34.0 Å². The average Bonchev–Trinajstić information content (AvgIpc) is 1.97. The molecule has 0 heterocycles. The predicted octanol–water partition coefficient (Wildman–Crippen LogP) is 2.81. The van der Waals surface area contributed by atoms with Gasteiger partial charge in [-0.05, 0) is 0 Å². The van der Waals surface area contributed by atoms with Crippen LogP contribution in [0.5, 0.6) is 0 Å². The maximum absolute atomic E-state index is 5.85. The molecule has 0 N–H and O–H groups in total. The highest BCUT2D eigenvalue weighted by Gasteiger charge is 2.22. The van der Waals surface area contributed by atoms with E-state index in [4.69, 9.17) is 22.2 Å². The Morgan fingerprint density at radius 3 is 1.64 bits per heavy atom. The fraction of sp³-hybridized carbons (Fsp3) is 0.500. The smallest absolute Gasteiger partial charge is 0.116 e. The minimum Gasteiger partial charge on any atom is -0.116 e. The predicted molar refractivity (Wildman–Crippen MR) is 53.6 cm³/mol. The van der Waals surface area contributed by atoms with Crippen LogP contribution in [0.25, 0.3) is 0 Å². The molecule has 3 heteroatoms. The van der Waals surface area contributed by atoms with E-state index in [1.807, 2.05) is 13.8 Å². The van der Waals surface area contributed by atoms with E-state index in [1.54, 1.807) is 0 Å². The molecule has 0 nitrogen and oxygen atoms in total. The van der Waals surface area contributed by atoms with Gasteiger partial charge in [-0.1, -0.05) is 24.9 Å². The number of rotatable bonds is 0. The van der Waals surface area contributed by atoms with Gasteiger partial charge >= 0.3 is 6.69 Å². The van der Waals surface area contributed by atoms with Crippen LogP contribution in [0, 0.1) is 22.9 Å². The largest absolute Gasteiger partial charge is 0.404 e. The topological polar surface area (TPSA) is 0 Å². The number of hydrogen-bond donors (Lipinski definition) is 0. The van der Waals surface area contributed by atoms with Gasteiger partial charge in [0.2, 0.25) is 0 Å². The molecular weight excluding hydrogens is 195 g/mol. The van der Waals surface area contributed by atoms with Gasteiger partial charge in [0.1, 0.15) is 0 Å². The summed E-state index contributed by atoms with van der Waals surface area (Å²) in [6.07, 6.45) is 1.56. The van der Waals surface area contributed by atoms with Crippen LogP contribution in [0.1, 0.15) is 26.7 Å². The van der Waals surface area contributed by atoms with E-state index in [9.17, 15) is 0 Å². The van der Waals surface area contributed by atoms with Gasteiger partial charge in [-0.2, -0.15) is 0 Å². The summed E-state index contributed by atoms with van der Waals surface area (Å²) in [7, 11) is 0. The van der Waals surface area contributed by atoms with E-state index >= 15 is 0 Å². The summed E-state index contributed by atoms with van der Waals surface area (Å²) in [6.45, 7) is 1.39. The van der Waals surface area contributed by atoms with Crippen LogP contribution in [-0.2, 0) is 0 Å². The Morgan fingerprint density at radius 2 is 1.36 bits per heavy atom. The van der Waals surface area contributed by atoms with Gasteiger partial charge in [0.05, 0.1) is 0 Å². The molecule has 0 aromatic heterocycles. The Bertz CT molecular complexity index is 200. The summed E-state index contributed by atoms with van der Waals surface area (Å²) in [5.41, 5.74) is 5.58. The molecule has 0 radical (unpaired) electrons. The number of hydrogen-bond acceptors (Lipinski definition) is 0. The normalized spacial score (nSPS) is 9.09. The molecule has 0 fully saturated rings. The van der Waals surface area contributed by atoms with Crippen molar-refractivity contribution in [2.24, 2.45) is 0 Å². The van der Waals surface area contributed by atoms with Crippen LogP contribution in [-0.4, -0.2) is 6.69 Å².